The zero-order valence-corrected chi connectivity index (χ0v) is 8.71. The lowest BCUT2D eigenvalue weighted by Crippen LogP contribution is -2.40. The van der Waals surface area contributed by atoms with Gasteiger partial charge in [0.15, 0.2) is 0 Å². The molecule has 0 bridgehead atoms. The molecule has 80 valence electrons. The van der Waals surface area contributed by atoms with E-state index in [0.29, 0.717) is 24.5 Å². The number of nitrogens with zero attached hydrogens (tertiary/aromatic N) is 2. The van der Waals surface area contributed by atoms with Crippen LogP contribution in [-0.4, -0.2) is 28.6 Å². The highest BCUT2D eigenvalue weighted by Gasteiger charge is 2.24. The van der Waals surface area contributed by atoms with Gasteiger partial charge in [0.2, 0.25) is 16.9 Å². The van der Waals surface area contributed by atoms with Crippen molar-refractivity contribution in [2.75, 3.05) is 11.9 Å². The van der Waals surface area contributed by atoms with Gasteiger partial charge in [0.25, 0.3) is 0 Å². The Labute approximate surface area is 90.1 Å². The van der Waals surface area contributed by atoms with Crippen molar-refractivity contribution in [3.8, 4) is 0 Å². The molecular weight excluding hydrogens is 216 g/mol. The van der Waals surface area contributed by atoms with Crippen LogP contribution in [0.1, 0.15) is 12.8 Å². The summed E-state index contributed by atoms with van der Waals surface area (Å²) < 4.78 is 0. The van der Waals surface area contributed by atoms with Crippen molar-refractivity contribution in [2.24, 2.45) is 5.92 Å². The Bertz CT molecular complexity index is 355. The van der Waals surface area contributed by atoms with Crippen molar-refractivity contribution in [2.45, 2.75) is 12.8 Å². The summed E-state index contributed by atoms with van der Waals surface area (Å²) in [6.07, 6.45) is 1.00. The first-order valence-corrected chi connectivity index (χ1v) is 5.47. The summed E-state index contributed by atoms with van der Waals surface area (Å²) in [5.74, 6) is -0.256. The molecule has 1 aliphatic rings. The van der Waals surface area contributed by atoms with E-state index in [1.165, 1.54) is 11.3 Å². The summed E-state index contributed by atoms with van der Waals surface area (Å²) in [6.45, 7) is 0.406. The van der Waals surface area contributed by atoms with Crippen molar-refractivity contribution in [3.63, 3.8) is 0 Å². The minimum atomic E-state index is -0.161. The third-order valence-corrected chi connectivity index (χ3v) is 2.83. The van der Waals surface area contributed by atoms with Gasteiger partial charge in [-0.1, -0.05) is 11.3 Å². The topological polar surface area (TPSA) is 84.0 Å². The molecule has 2 N–H and O–H groups in total. The number of amides is 2. The molecular formula is C8H10N4O2S. The predicted octanol–water partition coefficient (Wildman–Crippen LogP) is 0.00280. The van der Waals surface area contributed by atoms with Gasteiger partial charge in [0.05, 0.1) is 5.92 Å². The number of rotatable bonds is 2. The molecule has 2 heterocycles. The molecule has 1 aromatic heterocycles. The smallest absolute Gasteiger partial charge is 0.231 e. The van der Waals surface area contributed by atoms with Gasteiger partial charge in [-0.25, -0.2) is 0 Å². The zero-order valence-electron chi connectivity index (χ0n) is 7.90. The maximum atomic E-state index is 11.6. The van der Waals surface area contributed by atoms with Crippen molar-refractivity contribution in [1.29, 1.82) is 0 Å². The van der Waals surface area contributed by atoms with Gasteiger partial charge in [-0.3, -0.25) is 9.59 Å². The summed E-state index contributed by atoms with van der Waals surface area (Å²) in [5, 5.41) is 13.2. The number of hydrogen-bond donors (Lipinski definition) is 2. The Hall–Kier alpha value is -1.50. The van der Waals surface area contributed by atoms with Gasteiger partial charge in [-0.15, -0.1) is 10.2 Å². The van der Waals surface area contributed by atoms with Crippen molar-refractivity contribution >= 4 is 28.3 Å². The van der Waals surface area contributed by atoms with Crippen LogP contribution >= 0.6 is 11.3 Å². The van der Waals surface area contributed by atoms with Gasteiger partial charge in [-0.2, -0.15) is 0 Å². The van der Waals surface area contributed by atoms with Crippen LogP contribution in [0.15, 0.2) is 5.51 Å². The molecule has 2 amide bonds. The standard InChI is InChI=1S/C8H10N4O2S/c13-6-2-1-5(3-9-6)7(14)11-8-12-10-4-15-8/h4-5H,1-3H2,(H,9,13)(H,11,12,14)/t5-/m0/s1. The SMILES string of the molecule is O=C1CC[C@H](C(=O)Nc2nncs2)CN1. The number of aromatic nitrogens is 2. The van der Waals surface area contributed by atoms with Crippen molar-refractivity contribution < 1.29 is 9.59 Å². The van der Waals surface area contributed by atoms with Crippen LogP contribution in [0.3, 0.4) is 0 Å². The minimum absolute atomic E-state index is 0.00923. The fourth-order valence-electron chi connectivity index (χ4n) is 1.39. The molecule has 0 unspecified atom stereocenters. The number of nitrogens with one attached hydrogen (secondary N) is 2. The van der Waals surface area contributed by atoms with Crippen LogP contribution in [0, 0.1) is 5.92 Å². The molecule has 0 saturated carbocycles. The second-order valence-electron chi connectivity index (χ2n) is 3.27. The van der Waals surface area contributed by atoms with Crippen LogP contribution in [0.4, 0.5) is 5.13 Å². The van der Waals surface area contributed by atoms with E-state index in [-0.39, 0.29) is 17.7 Å². The molecule has 7 heteroatoms. The maximum Gasteiger partial charge on any atom is 0.231 e. The quantitative estimate of drug-likeness (QED) is 0.743. The lowest BCUT2D eigenvalue weighted by atomic mass is 9.98. The average molecular weight is 226 g/mol. The van der Waals surface area contributed by atoms with Crippen molar-refractivity contribution in [1.82, 2.24) is 15.5 Å². The Morgan fingerprint density at radius 1 is 1.67 bits per heavy atom. The molecule has 1 atom stereocenters. The van der Waals surface area contributed by atoms with Crippen LogP contribution < -0.4 is 10.6 Å². The number of piperidine rings is 1. The van der Waals surface area contributed by atoms with E-state index in [0.717, 1.165) is 0 Å². The highest BCUT2D eigenvalue weighted by molar-refractivity contribution is 7.13. The van der Waals surface area contributed by atoms with E-state index >= 15 is 0 Å². The monoisotopic (exact) mass is 226 g/mol. The predicted molar refractivity (Wildman–Crippen MR) is 54.3 cm³/mol. The zero-order chi connectivity index (χ0) is 10.7. The van der Waals surface area contributed by atoms with E-state index in [4.69, 9.17) is 0 Å². The summed E-state index contributed by atoms with van der Waals surface area (Å²) in [4.78, 5) is 22.5. The lowest BCUT2D eigenvalue weighted by Gasteiger charge is -2.20. The van der Waals surface area contributed by atoms with E-state index in [1.54, 1.807) is 5.51 Å². The summed E-state index contributed by atoms with van der Waals surface area (Å²) in [5.41, 5.74) is 1.55. The second kappa shape index (κ2) is 4.35. The molecule has 1 aromatic rings. The van der Waals surface area contributed by atoms with E-state index in [9.17, 15) is 9.59 Å². The number of anilines is 1. The fraction of sp³-hybridized carbons (Fsp3) is 0.500. The summed E-state index contributed by atoms with van der Waals surface area (Å²) >= 11 is 1.27. The molecule has 0 spiro atoms. The molecule has 6 nitrogen and oxygen atoms in total. The molecule has 1 fully saturated rings. The van der Waals surface area contributed by atoms with Crippen LogP contribution in [-0.2, 0) is 9.59 Å². The van der Waals surface area contributed by atoms with E-state index in [1.807, 2.05) is 0 Å². The number of carbonyl (C=O) groups is 2. The van der Waals surface area contributed by atoms with Gasteiger partial charge < -0.3 is 10.6 Å². The Kier molecular flexibility index (Phi) is 2.91. The van der Waals surface area contributed by atoms with Gasteiger partial charge in [0, 0.05) is 13.0 Å². The molecule has 1 aliphatic heterocycles. The molecule has 0 aliphatic carbocycles. The molecule has 0 aromatic carbocycles. The van der Waals surface area contributed by atoms with Crippen LogP contribution in [0.2, 0.25) is 0 Å². The highest BCUT2D eigenvalue weighted by Crippen LogP contribution is 2.15. The highest BCUT2D eigenvalue weighted by atomic mass is 32.1. The molecule has 15 heavy (non-hydrogen) atoms. The third kappa shape index (κ3) is 2.50. The van der Waals surface area contributed by atoms with Gasteiger partial charge >= 0.3 is 0 Å². The lowest BCUT2D eigenvalue weighted by molar-refractivity contribution is -0.126. The molecule has 2 rings (SSSR count). The maximum absolute atomic E-state index is 11.6. The van der Waals surface area contributed by atoms with Gasteiger partial charge in [-0.05, 0) is 6.42 Å². The Morgan fingerprint density at radius 3 is 3.13 bits per heavy atom. The minimum Gasteiger partial charge on any atom is -0.355 e. The van der Waals surface area contributed by atoms with Gasteiger partial charge in [0.1, 0.15) is 5.51 Å². The van der Waals surface area contributed by atoms with E-state index in [2.05, 4.69) is 20.8 Å². The first kappa shape index (κ1) is 10.0. The summed E-state index contributed by atoms with van der Waals surface area (Å²) in [7, 11) is 0. The van der Waals surface area contributed by atoms with E-state index < -0.39 is 0 Å². The fourth-order valence-corrected chi connectivity index (χ4v) is 1.84. The second-order valence-corrected chi connectivity index (χ2v) is 4.11. The average Bonchev–Trinajstić information content (AvgIpc) is 2.71. The Morgan fingerprint density at radius 2 is 2.53 bits per heavy atom. The van der Waals surface area contributed by atoms with Crippen LogP contribution in [0.5, 0.6) is 0 Å². The first-order valence-electron chi connectivity index (χ1n) is 4.59. The third-order valence-electron chi connectivity index (χ3n) is 2.23. The number of carbonyl (C=O) groups excluding carboxylic acids is 2. The first-order chi connectivity index (χ1) is 7.25. The van der Waals surface area contributed by atoms with Crippen LogP contribution in [0.25, 0.3) is 0 Å². The Balaban J connectivity index is 1.89. The largest absolute Gasteiger partial charge is 0.355 e. The normalized spacial score (nSPS) is 20.8. The van der Waals surface area contributed by atoms with Crippen molar-refractivity contribution in [3.05, 3.63) is 5.51 Å². The molecule has 1 saturated heterocycles. The molecule has 0 radical (unpaired) electrons. The summed E-state index contributed by atoms with van der Waals surface area (Å²) in [6, 6.07) is 0. The number of hydrogen-bond acceptors (Lipinski definition) is 5.